The first-order valence-electron chi connectivity index (χ1n) is 2.98. The van der Waals surface area contributed by atoms with Crippen molar-refractivity contribution in [2.75, 3.05) is 0 Å². The number of benzene rings is 1. The molecule has 1 aromatic carbocycles. The number of phenolic OH excluding ortho intramolecular Hbond substituents is 1. The van der Waals surface area contributed by atoms with E-state index in [1.54, 1.807) is 0 Å². The number of aromatic hydroxyl groups is 1. The van der Waals surface area contributed by atoms with Gasteiger partial charge in [0.1, 0.15) is 5.75 Å². The molecule has 0 aliphatic rings. The van der Waals surface area contributed by atoms with Crippen LogP contribution in [0.1, 0.15) is 0 Å². The number of halogens is 5. The van der Waals surface area contributed by atoms with Gasteiger partial charge in [0, 0.05) is 11.5 Å². The fourth-order valence-corrected chi connectivity index (χ4v) is 0.754. The van der Waals surface area contributed by atoms with Crippen molar-refractivity contribution in [3.8, 4) is 5.75 Å². The van der Waals surface area contributed by atoms with E-state index in [2.05, 4.69) is 0 Å². The third kappa shape index (κ3) is 3.85. The largest absolute Gasteiger partial charge is 1.00 e. The van der Waals surface area contributed by atoms with Crippen molar-refractivity contribution in [2.45, 2.75) is 0 Å². The van der Waals surface area contributed by atoms with E-state index in [-0.39, 0.29) is 56.1 Å². The molecule has 0 aromatic heterocycles. The van der Waals surface area contributed by atoms with Crippen LogP contribution in [0.4, 0.5) is 17.4 Å². The van der Waals surface area contributed by atoms with Crippen LogP contribution in [-0.2, 0) is 0 Å². The van der Waals surface area contributed by atoms with Crippen molar-refractivity contribution in [1.82, 2.24) is 0 Å². The van der Waals surface area contributed by atoms with Crippen LogP contribution in [0.2, 0.25) is 0 Å². The van der Waals surface area contributed by atoms with E-state index in [0.29, 0.717) is 12.1 Å². The van der Waals surface area contributed by atoms with E-state index in [1.807, 2.05) is 0 Å². The Hall–Kier alpha value is 0.371. The minimum atomic E-state index is -3.13. The van der Waals surface area contributed by atoms with Gasteiger partial charge in [0.05, 0.1) is 0 Å². The van der Waals surface area contributed by atoms with Crippen molar-refractivity contribution in [2.24, 2.45) is 0 Å². The summed E-state index contributed by atoms with van der Waals surface area (Å²) in [5.74, 6) is -3.82. The molecule has 1 rings (SSSR count). The molecule has 0 saturated carbocycles. The first kappa shape index (κ1) is 16.8. The summed E-state index contributed by atoms with van der Waals surface area (Å²) in [5, 5.41) is 8.63. The van der Waals surface area contributed by atoms with Gasteiger partial charge in [-0.3, -0.25) is 8.63 Å². The van der Waals surface area contributed by atoms with Crippen LogP contribution in [0.25, 0.3) is 0 Å². The molecule has 0 aliphatic heterocycles. The Balaban J connectivity index is 0. The molecular formula is C6H3BF5KO. The van der Waals surface area contributed by atoms with Gasteiger partial charge in [0.25, 0.3) is 0 Å². The molecule has 0 saturated heterocycles. The van der Waals surface area contributed by atoms with Gasteiger partial charge in [-0.1, -0.05) is 0 Å². The van der Waals surface area contributed by atoms with Crippen LogP contribution in [0, 0.1) is 11.6 Å². The summed E-state index contributed by atoms with van der Waals surface area (Å²) in [6.07, 6.45) is 0. The Morgan fingerprint density at radius 1 is 1.14 bits per heavy atom. The smallest absolute Gasteiger partial charge is 1.00 e. The Morgan fingerprint density at radius 2 is 1.64 bits per heavy atom. The van der Waals surface area contributed by atoms with E-state index in [9.17, 15) is 17.4 Å². The summed E-state index contributed by atoms with van der Waals surface area (Å²) in [7, 11) is -3.13. The molecule has 0 spiro atoms. The Labute approximate surface area is 119 Å². The fourth-order valence-electron chi connectivity index (χ4n) is 0.754. The van der Waals surface area contributed by atoms with Gasteiger partial charge in [-0.15, -0.1) is 0 Å². The summed E-state index contributed by atoms with van der Waals surface area (Å²) in [6, 6.07) is 0.921. The van der Waals surface area contributed by atoms with Crippen LogP contribution >= 0.6 is 0 Å². The van der Waals surface area contributed by atoms with Crippen LogP contribution in [0.15, 0.2) is 12.1 Å². The van der Waals surface area contributed by atoms with E-state index in [0.717, 1.165) is 0 Å². The number of hydrogen-bond donors (Lipinski definition) is 1. The fraction of sp³-hybridized carbons (Fsp3) is 0. The van der Waals surface area contributed by atoms with E-state index in [1.165, 1.54) is 0 Å². The summed E-state index contributed by atoms with van der Waals surface area (Å²) >= 11 is 0. The van der Waals surface area contributed by atoms with Crippen molar-refractivity contribution in [3.05, 3.63) is 23.8 Å². The van der Waals surface area contributed by atoms with Gasteiger partial charge in [-0.25, -0.2) is 8.78 Å². The molecule has 0 heterocycles. The third-order valence-electron chi connectivity index (χ3n) is 1.28. The summed E-state index contributed by atoms with van der Waals surface area (Å²) < 4.78 is 48.5. The molecule has 1 N–H and O–H groups in total. The maximum absolute atomic E-state index is 12.5. The third-order valence-corrected chi connectivity index (χ3v) is 1.28. The zero-order valence-corrected chi connectivity index (χ0v) is 10.2. The molecule has 72 valence electrons. The van der Waals surface area contributed by atoms with Crippen LogP contribution in [0.3, 0.4) is 0 Å². The van der Waals surface area contributed by atoms with Gasteiger partial charge in [0.2, 0.25) is 0 Å². The normalized spacial score (nSPS) is 8.57. The average molecular weight is 236 g/mol. The minimum Gasteiger partial charge on any atom is -1.00 e. The van der Waals surface area contributed by atoms with Gasteiger partial charge in [-0.2, -0.15) is 0 Å². The molecule has 1 aromatic rings. The second kappa shape index (κ2) is 6.78. The van der Waals surface area contributed by atoms with Crippen LogP contribution in [0.5, 0.6) is 5.75 Å². The van der Waals surface area contributed by atoms with E-state index in [4.69, 9.17) is 5.11 Å². The molecule has 0 atom stereocenters. The zero-order valence-electron chi connectivity index (χ0n) is 7.07. The van der Waals surface area contributed by atoms with E-state index < -0.39 is 30.1 Å². The zero-order chi connectivity index (χ0) is 9.30. The topological polar surface area (TPSA) is 20.2 Å². The quantitative estimate of drug-likeness (QED) is 0.384. The molecular weight excluding hydrogens is 233 g/mol. The number of rotatable bonds is 1. The van der Waals surface area contributed by atoms with Crippen LogP contribution in [-0.4, -0.2) is 12.4 Å². The maximum atomic E-state index is 12.5. The summed E-state index contributed by atoms with van der Waals surface area (Å²) in [5.41, 5.74) is -1.13. The predicted molar refractivity (Wildman–Crippen MR) is 35.6 cm³/mol. The van der Waals surface area contributed by atoms with Crippen LogP contribution < -0.4 is 61.6 Å². The monoisotopic (exact) mass is 236 g/mol. The molecule has 0 aliphatic carbocycles. The Morgan fingerprint density at radius 3 is 2.07 bits per heavy atom. The molecule has 8 heteroatoms. The minimum absolute atomic E-state index is 0. The SMILES string of the molecule is Oc1cc(F)c(F)c(B(F)F)c1.[F-].[K+]. The molecule has 14 heavy (non-hydrogen) atoms. The maximum Gasteiger partial charge on any atom is 1.00 e. The second-order valence-corrected chi connectivity index (χ2v) is 2.13. The van der Waals surface area contributed by atoms with Gasteiger partial charge in [-0.05, 0) is 6.07 Å². The molecule has 0 radical (unpaired) electrons. The predicted octanol–water partition coefficient (Wildman–Crippen LogP) is -4.69. The molecule has 0 bridgehead atoms. The molecule has 0 fully saturated rings. The van der Waals surface area contributed by atoms with E-state index >= 15 is 0 Å². The first-order chi connectivity index (χ1) is 5.52. The van der Waals surface area contributed by atoms with Gasteiger partial charge in [0.15, 0.2) is 11.6 Å². The summed E-state index contributed by atoms with van der Waals surface area (Å²) in [4.78, 5) is 0. The number of hydrogen-bond acceptors (Lipinski definition) is 1. The van der Waals surface area contributed by atoms with Crippen molar-refractivity contribution < 1.29 is 78.6 Å². The van der Waals surface area contributed by atoms with Crippen molar-refractivity contribution >= 4 is 12.7 Å². The number of phenols is 1. The van der Waals surface area contributed by atoms with Gasteiger partial charge >= 0.3 is 58.7 Å². The van der Waals surface area contributed by atoms with Gasteiger partial charge < -0.3 is 9.81 Å². The standard InChI is InChI=1S/C6H3BF4O.FH.K/c8-5-2-3(12)1-4(6(5)9)7(10)11;;/h1-2,12H;1H;/q;;+1/p-1. The summed E-state index contributed by atoms with van der Waals surface area (Å²) in [6.45, 7) is 0. The Kier molecular flexibility index (Phi) is 8.13. The average Bonchev–Trinajstić information content (AvgIpc) is 1.96. The molecule has 0 amide bonds. The first-order valence-corrected chi connectivity index (χ1v) is 2.98. The Bertz CT molecular complexity index is 309. The van der Waals surface area contributed by atoms with Crippen molar-refractivity contribution in [1.29, 1.82) is 0 Å². The molecule has 0 unspecified atom stereocenters. The van der Waals surface area contributed by atoms with Crippen molar-refractivity contribution in [3.63, 3.8) is 0 Å². The second-order valence-electron chi connectivity index (χ2n) is 2.13. The molecule has 1 nitrogen and oxygen atoms in total.